The van der Waals surface area contributed by atoms with E-state index in [4.69, 9.17) is 4.98 Å². The molecule has 0 fully saturated rings. The van der Waals surface area contributed by atoms with Crippen LogP contribution in [0.25, 0.3) is 27.6 Å². The van der Waals surface area contributed by atoms with E-state index >= 15 is 0 Å². The summed E-state index contributed by atoms with van der Waals surface area (Å²) in [5, 5.41) is 2.37. The van der Waals surface area contributed by atoms with Gasteiger partial charge in [-0.05, 0) is 147 Å². The zero-order chi connectivity index (χ0) is 54.2. The highest BCUT2D eigenvalue weighted by molar-refractivity contribution is 6.10. The fourth-order valence-corrected chi connectivity index (χ4v) is 11.6. The molecule has 0 saturated carbocycles. The number of aromatic nitrogens is 2. The van der Waals surface area contributed by atoms with E-state index in [0.29, 0.717) is 6.67 Å². The molecule has 0 amide bonds. The van der Waals surface area contributed by atoms with Crippen LogP contribution in [0.2, 0.25) is 0 Å². The van der Waals surface area contributed by atoms with Crippen LogP contribution in [0.15, 0.2) is 206 Å². The van der Waals surface area contributed by atoms with Crippen molar-refractivity contribution in [2.45, 2.75) is 110 Å². The van der Waals surface area contributed by atoms with Crippen molar-refractivity contribution in [3.8, 4) is 5.82 Å². The average molecular weight is 1010 g/mol. The van der Waals surface area contributed by atoms with Crippen LogP contribution >= 0.6 is 0 Å². The first-order valence-corrected chi connectivity index (χ1v) is 27.5. The molecular formula is C72H75N5. The normalized spacial score (nSPS) is 13.4. The lowest BCUT2D eigenvalue weighted by molar-refractivity contribution is 0.568. The van der Waals surface area contributed by atoms with Crippen LogP contribution in [0.3, 0.4) is 0 Å². The van der Waals surface area contributed by atoms with Gasteiger partial charge >= 0.3 is 0 Å². The number of hydrogen-bond acceptors (Lipinski definition) is 4. The zero-order valence-corrected chi connectivity index (χ0v) is 47.6. The van der Waals surface area contributed by atoms with Gasteiger partial charge in [0.1, 0.15) is 12.5 Å². The Balaban J connectivity index is 1.07. The molecule has 1 aliphatic heterocycles. The van der Waals surface area contributed by atoms with Crippen LogP contribution in [-0.2, 0) is 27.1 Å². The van der Waals surface area contributed by atoms with Crippen LogP contribution in [0.5, 0.6) is 0 Å². The topological polar surface area (TPSA) is 27.5 Å². The monoisotopic (exact) mass is 1010 g/mol. The Morgan fingerprint density at radius 2 is 0.883 bits per heavy atom. The van der Waals surface area contributed by atoms with E-state index in [1.807, 2.05) is 6.20 Å². The Bertz CT molecular complexity index is 3720. The van der Waals surface area contributed by atoms with E-state index in [1.165, 1.54) is 78.0 Å². The van der Waals surface area contributed by atoms with Crippen molar-refractivity contribution >= 4 is 55.9 Å². The lowest BCUT2D eigenvalue weighted by Crippen LogP contribution is -2.26. The zero-order valence-electron chi connectivity index (χ0n) is 47.6. The maximum atomic E-state index is 5.20. The van der Waals surface area contributed by atoms with Crippen molar-refractivity contribution in [2.24, 2.45) is 0 Å². The van der Waals surface area contributed by atoms with Gasteiger partial charge < -0.3 is 14.7 Å². The SMILES string of the molecule is CN(c1cc(N2CN(c3cc(C(C)(C)C)cc(C(C)(C)C)c3)c3ccccc32)cc(C(C)(C)C)c1)c1ccc2c3cc(C(C)(c4ccccc4)c4ccccc4)ccc3n(-c3cc(C(C)(C)c4ccccc4)ccn3)c2c1. The smallest absolute Gasteiger partial charge is 0.137 e. The quantitative estimate of drug-likeness (QED) is 0.128. The fraction of sp³-hybridized carbons (Fsp3) is 0.264. The standard InChI is InChI=1S/C72H75N5/c1-68(2,3)54-39-55(69(4,5)6)42-59(41-54)75-48-76(65-32-24-23-31-64(65)75)60-43-56(70(7,8)9)40-58(46-60)74(13)57-34-35-61-62-44-53(72(12,50-27-19-15-20-28-50)51-29-21-16-22-30-51)33-36-63(62)77(66(61)47-57)67-45-52(37-38-73-67)71(10,11)49-25-17-14-18-26-49/h14-47H,48H2,1-13H3. The number of rotatable bonds is 10. The third-order valence-electron chi connectivity index (χ3n) is 16.8. The van der Waals surface area contributed by atoms with Gasteiger partial charge in [-0.15, -0.1) is 0 Å². The van der Waals surface area contributed by atoms with Crippen molar-refractivity contribution in [2.75, 3.05) is 28.4 Å². The number of nitrogens with zero attached hydrogens (tertiary/aromatic N) is 5. The van der Waals surface area contributed by atoms with Gasteiger partial charge in [-0.2, -0.15) is 0 Å². The Hall–Kier alpha value is -7.89. The van der Waals surface area contributed by atoms with Gasteiger partial charge in [0.2, 0.25) is 0 Å². The molecule has 0 saturated heterocycles. The molecule has 0 spiro atoms. The molecule has 8 aromatic carbocycles. The summed E-state index contributed by atoms with van der Waals surface area (Å²) in [7, 11) is 2.22. The van der Waals surface area contributed by atoms with E-state index in [0.717, 1.165) is 28.2 Å². The van der Waals surface area contributed by atoms with E-state index in [2.05, 4.69) is 310 Å². The van der Waals surface area contributed by atoms with Crippen molar-refractivity contribution in [1.29, 1.82) is 0 Å². The van der Waals surface area contributed by atoms with Gasteiger partial charge in [0.15, 0.2) is 0 Å². The summed E-state index contributed by atoms with van der Waals surface area (Å²) >= 11 is 0. The van der Waals surface area contributed by atoms with Crippen LogP contribution < -0.4 is 14.7 Å². The van der Waals surface area contributed by atoms with E-state index in [-0.39, 0.29) is 21.7 Å². The highest BCUT2D eigenvalue weighted by Crippen LogP contribution is 2.49. The van der Waals surface area contributed by atoms with Gasteiger partial charge in [-0.3, -0.25) is 4.57 Å². The molecule has 0 atom stereocenters. The number of pyridine rings is 1. The molecule has 11 rings (SSSR count). The van der Waals surface area contributed by atoms with Crippen molar-refractivity contribution in [3.63, 3.8) is 0 Å². The summed E-state index contributed by atoms with van der Waals surface area (Å²) in [4.78, 5) is 12.6. The molecule has 0 bridgehead atoms. The van der Waals surface area contributed by atoms with Crippen molar-refractivity contribution < 1.29 is 0 Å². The minimum atomic E-state index is -0.405. The molecule has 388 valence electrons. The highest BCUT2D eigenvalue weighted by Gasteiger charge is 2.34. The molecule has 10 aromatic rings. The van der Waals surface area contributed by atoms with Gasteiger partial charge in [-0.25, -0.2) is 4.98 Å². The largest absolute Gasteiger partial charge is 0.344 e. The lowest BCUT2D eigenvalue weighted by atomic mass is 9.71. The van der Waals surface area contributed by atoms with Crippen LogP contribution in [-0.4, -0.2) is 23.3 Å². The number of anilines is 6. The Morgan fingerprint density at radius 3 is 1.43 bits per heavy atom. The van der Waals surface area contributed by atoms with Crippen LogP contribution in [0, 0.1) is 0 Å². The second-order valence-corrected chi connectivity index (χ2v) is 25.3. The summed E-state index contributed by atoms with van der Waals surface area (Å²) in [6, 6.07) is 74.7. The second kappa shape index (κ2) is 19.0. The maximum absolute atomic E-state index is 5.20. The Labute approximate surface area is 458 Å². The molecule has 5 heteroatoms. The van der Waals surface area contributed by atoms with Gasteiger partial charge in [0, 0.05) is 57.6 Å². The van der Waals surface area contributed by atoms with E-state index in [1.54, 1.807) is 0 Å². The second-order valence-electron chi connectivity index (χ2n) is 25.3. The van der Waals surface area contributed by atoms with Gasteiger partial charge in [0.05, 0.1) is 22.4 Å². The molecule has 0 aliphatic carbocycles. The third-order valence-corrected chi connectivity index (χ3v) is 16.8. The molecule has 3 heterocycles. The predicted molar refractivity (Wildman–Crippen MR) is 328 cm³/mol. The summed E-state index contributed by atoms with van der Waals surface area (Å²) in [5.41, 5.74) is 18.7. The highest BCUT2D eigenvalue weighted by atomic mass is 15.4. The summed E-state index contributed by atoms with van der Waals surface area (Å²) in [6.45, 7) is 28.6. The number of hydrogen-bond donors (Lipinski definition) is 0. The number of benzene rings is 8. The first-order chi connectivity index (χ1) is 36.6. The molecule has 0 unspecified atom stereocenters. The predicted octanol–water partition coefficient (Wildman–Crippen LogP) is 18.8. The Kier molecular flexibility index (Phi) is 12.6. The fourth-order valence-electron chi connectivity index (χ4n) is 11.6. The lowest BCUT2D eigenvalue weighted by Gasteiger charge is -2.32. The minimum Gasteiger partial charge on any atom is -0.344 e. The first-order valence-electron chi connectivity index (χ1n) is 27.5. The number of fused-ring (bicyclic) bond motifs is 4. The molecule has 5 nitrogen and oxygen atoms in total. The summed E-state index contributed by atoms with van der Waals surface area (Å²) < 4.78 is 2.39. The van der Waals surface area contributed by atoms with Crippen LogP contribution in [0.4, 0.5) is 34.1 Å². The average Bonchev–Trinajstić information content (AvgIpc) is 4.05. The van der Waals surface area contributed by atoms with E-state index < -0.39 is 5.41 Å². The Morgan fingerprint density at radius 1 is 0.377 bits per heavy atom. The molecule has 0 radical (unpaired) electrons. The van der Waals surface area contributed by atoms with Crippen molar-refractivity contribution in [1.82, 2.24) is 9.55 Å². The van der Waals surface area contributed by atoms with Crippen molar-refractivity contribution in [3.05, 3.63) is 251 Å². The van der Waals surface area contributed by atoms with Gasteiger partial charge in [0.25, 0.3) is 0 Å². The molecule has 1 aliphatic rings. The molecule has 77 heavy (non-hydrogen) atoms. The molecule has 2 aromatic heterocycles. The molecule has 0 N–H and O–H groups in total. The maximum Gasteiger partial charge on any atom is 0.137 e. The summed E-state index contributed by atoms with van der Waals surface area (Å²) in [5.74, 6) is 0.893. The third kappa shape index (κ3) is 9.28. The van der Waals surface area contributed by atoms with Gasteiger partial charge in [-0.1, -0.05) is 197 Å². The minimum absolute atomic E-state index is 0.00175. The van der Waals surface area contributed by atoms with Crippen LogP contribution in [0.1, 0.15) is 128 Å². The number of para-hydroxylation sites is 2. The summed E-state index contributed by atoms with van der Waals surface area (Å²) in [6.07, 6.45) is 1.99. The molecular weight excluding hydrogens is 935 g/mol. The first kappa shape index (κ1) is 51.2. The van der Waals surface area contributed by atoms with E-state index in [9.17, 15) is 0 Å².